The molecule has 0 saturated heterocycles. The highest BCUT2D eigenvalue weighted by Crippen LogP contribution is 2.28. The number of rotatable bonds is 8. The van der Waals surface area contributed by atoms with Crippen LogP contribution >= 0.6 is 0 Å². The van der Waals surface area contributed by atoms with Gasteiger partial charge >= 0.3 is 6.16 Å². The Kier molecular flexibility index (Phi) is 6.73. The number of hydrogen-bond donors (Lipinski definition) is 1. The third kappa shape index (κ3) is 5.68. The van der Waals surface area contributed by atoms with Crippen LogP contribution in [0.15, 0.2) is 42.5 Å². The largest absolute Gasteiger partial charge is 0.511 e. The maximum Gasteiger partial charge on any atom is 0.511 e. The van der Waals surface area contributed by atoms with Crippen molar-refractivity contribution >= 4 is 11.8 Å². The first kappa shape index (κ1) is 20.2. The average Bonchev–Trinajstić information content (AvgIpc) is 2.62. The van der Waals surface area contributed by atoms with E-state index in [9.17, 15) is 14.9 Å². The Morgan fingerprint density at radius 2 is 1.85 bits per heavy atom. The van der Waals surface area contributed by atoms with E-state index >= 15 is 0 Å². The van der Waals surface area contributed by atoms with Crippen molar-refractivity contribution in [2.45, 2.75) is 32.5 Å². The van der Waals surface area contributed by atoms with Gasteiger partial charge in [0.15, 0.2) is 0 Å². The fraction of sp³-hybridized carbons (Fsp3) is 0.316. The summed E-state index contributed by atoms with van der Waals surface area (Å²) in [7, 11) is 1.59. The molecule has 0 aliphatic heterocycles. The molecule has 2 rings (SSSR count). The second-order valence-electron chi connectivity index (χ2n) is 5.98. The molecule has 8 nitrogen and oxygen atoms in total. The Morgan fingerprint density at radius 1 is 1.19 bits per heavy atom. The van der Waals surface area contributed by atoms with Crippen LogP contribution in [0.5, 0.6) is 11.5 Å². The summed E-state index contributed by atoms with van der Waals surface area (Å²) in [5, 5.41) is 19.8. The van der Waals surface area contributed by atoms with Crippen LogP contribution in [0.25, 0.3) is 0 Å². The Labute approximate surface area is 156 Å². The summed E-state index contributed by atoms with van der Waals surface area (Å²) in [6.07, 6.45) is -1.79. The molecular weight excluding hydrogens is 354 g/mol. The number of carbonyl (C=O) groups is 1. The number of carboxylic acid groups (broad SMARTS) is 1. The van der Waals surface area contributed by atoms with Gasteiger partial charge in [0.25, 0.3) is 5.69 Å². The second-order valence-corrected chi connectivity index (χ2v) is 5.98. The molecule has 0 saturated carbocycles. The molecule has 0 spiro atoms. The van der Waals surface area contributed by atoms with Gasteiger partial charge in [-0.2, -0.15) is 0 Å². The van der Waals surface area contributed by atoms with Crippen molar-refractivity contribution < 1.29 is 29.0 Å². The fourth-order valence-electron chi connectivity index (χ4n) is 2.69. The van der Waals surface area contributed by atoms with Gasteiger partial charge in [-0.15, -0.1) is 0 Å². The van der Waals surface area contributed by atoms with Crippen LogP contribution in [-0.2, 0) is 11.2 Å². The standard InChI is InChI=1S/C19H21NO7/c1-12(26-13(2)14-4-7-17(25-3)8-5-14)10-15-11-16(20(23)24)6-9-18(15)27-19(21)22/h4-9,11-13H,10H2,1-3H3,(H,21,22). The number of nitro benzene ring substituents is 1. The smallest absolute Gasteiger partial charge is 0.497 e. The van der Waals surface area contributed by atoms with Gasteiger partial charge in [0.05, 0.1) is 24.2 Å². The molecule has 0 fully saturated rings. The number of hydrogen-bond acceptors (Lipinski definition) is 6. The lowest BCUT2D eigenvalue weighted by atomic mass is 10.1. The molecule has 0 aromatic heterocycles. The van der Waals surface area contributed by atoms with Crippen LogP contribution in [0.2, 0.25) is 0 Å². The molecule has 0 aliphatic carbocycles. The van der Waals surface area contributed by atoms with Gasteiger partial charge in [0.2, 0.25) is 0 Å². The number of methoxy groups -OCH3 is 1. The van der Waals surface area contributed by atoms with Crippen LogP contribution in [-0.4, -0.2) is 29.4 Å². The van der Waals surface area contributed by atoms with Crippen LogP contribution < -0.4 is 9.47 Å². The van der Waals surface area contributed by atoms with Gasteiger partial charge < -0.3 is 19.3 Å². The predicted octanol–water partition coefficient (Wildman–Crippen LogP) is 4.37. The van der Waals surface area contributed by atoms with E-state index in [-0.39, 0.29) is 30.1 Å². The van der Waals surface area contributed by atoms with Gasteiger partial charge in [0.1, 0.15) is 11.5 Å². The van der Waals surface area contributed by atoms with E-state index in [1.165, 1.54) is 18.2 Å². The minimum Gasteiger partial charge on any atom is -0.497 e. The third-order valence-corrected chi connectivity index (χ3v) is 3.98. The Hall–Kier alpha value is -3.13. The maximum atomic E-state index is 11.0. The molecule has 144 valence electrons. The lowest BCUT2D eigenvalue weighted by molar-refractivity contribution is -0.384. The fourth-order valence-corrected chi connectivity index (χ4v) is 2.69. The summed E-state index contributed by atoms with van der Waals surface area (Å²) in [5.41, 5.74) is 1.20. The van der Waals surface area contributed by atoms with E-state index in [1.54, 1.807) is 7.11 Å². The Balaban J connectivity index is 2.12. The lowest BCUT2D eigenvalue weighted by Crippen LogP contribution is -2.16. The molecule has 2 unspecified atom stereocenters. The van der Waals surface area contributed by atoms with Crippen LogP contribution in [0.3, 0.4) is 0 Å². The van der Waals surface area contributed by atoms with Gasteiger partial charge in [-0.25, -0.2) is 4.79 Å². The number of nitro groups is 1. The summed E-state index contributed by atoms with van der Waals surface area (Å²) in [6.45, 7) is 3.70. The van der Waals surface area contributed by atoms with E-state index in [0.29, 0.717) is 5.56 Å². The number of ether oxygens (including phenoxy) is 3. The third-order valence-electron chi connectivity index (χ3n) is 3.98. The van der Waals surface area contributed by atoms with Gasteiger partial charge in [-0.1, -0.05) is 12.1 Å². The predicted molar refractivity (Wildman–Crippen MR) is 97.4 cm³/mol. The van der Waals surface area contributed by atoms with Crippen molar-refractivity contribution in [3.8, 4) is 11.5 Å². The quantitative estimate of drug-likeness (QED) is 0.316. The van der Waals surface area contributed by atoms with Crippen molar-refractivity contribution in [3.63, 3.8) is 0 Å². The maximum absolute atomic E-state index is 11.0. The van der Waals surface area contributed by atoms with E-state index in [2.05, 4.69) is 0 Å². The van der Waals surface area contributed by atoms with Crippen LogP contribution in [0.4, 0.5) is 10.5 Å². The molecule has 2 aromatic rings. The van der Waals surface area contributed by atoms with Crippen LogP contribution in [0.1, 0.15) is 31.1 Å². The van der Waals surface area contributed by atoms with Gasteiger partial charge in [0, 0.05) is 24.1 Å². The molecule has 0 heterocycles. The highest BCUT2D eigenvalue weighted by Gasteiger charge is 2.18. The highest BCUT2D eigenvalue weighted by molar-refractivity contribution is 5.62. The molecule has 1 N–H and O–H groups in total. The highest BCUT2D eigenvalue weighted by atomic mass is 16.7. The Bertz CT molecular complexity index is 804. The van der Waals surface area contributed by atoms with E-state index < -0.39 is 11.1 Å². The van der Waals surface area contributed by atoms with Crippen molar-refractivity contribution in [2.24, 2.45) is 0 Å². The first-order chi connectivity index (χ1) is 12.8. The number of nitrogens with zero attached hydrogens (tertiary/aromatic N) is 1. The van der Waals surface area contributed by atoms with Crippen molar-refractivity contribution in [2.75, 3.05) is 7.11 Å². The topological polar surface area (TPSA) is 108 Å². The SMILES string of the molecule is COc1ccc(C(C)OC(C)Cc2cc([N+](=O)[O-])ccc2OC(=O)O)cc1. The van der Waals surface area contributed by atoms with E-state index in [0.717, 1.165) is 11.3 Å². The zero-order chi connectivity index (χ0) is 20.0. The van der Waals surface area contributed by atoms with E-state index in [1.807, 2.05) is 38.1 Å². The zero-order valence-corrected chi connectivity index (χ0v) is 15.2. The molecule has 0 amide bonds. The molecule has 0 bridgehead atoms. The van der Waals surface area contributed by atoms with Crippen molar-refractivity contribution in [3.05, 3.63) is 63.7 Å². The Morgan fingerprint density at radius 3 is 2.41 bits per heavy atom. The average molecular weight is 375 g/mol. The minimum absolute atomic E-state index is 0.0562. The summed E-state index contributed by atoms with van der Waals surface area (Å²) < 4.78 is 15.8. The summed E-state index contributed by atoms with van der Waals surface area (Å²) in [5.74, 6) is 0.798. The molecule has 27 heavy (non-hydrogen) atoms. The first-order valence-electron chi connectivity index (χ1n) is 8.27. The summed E-state index contributed by atoms with van der Waals surface area (Å²) in [6, 6.07) is 11.2. The zero-order valence-electron chi connectivity index (χ0n) is 15.2. The van der Waals surface area contributed by atoms with Gasteiger partial charge in [-0.05, 0) is 37.6 Å². The van der Waals surface area contributed by atoms with E-state index in [4.69, 9.17) is 19.3 Å². The summed E-state index contributed by atoms with van der Waals surface area (Å²) >= 11 is 0. The second kappa shape index (κ2) is 9.00. The minimum atomic E-state index is -1.48. The summed E-state index contributed by atoms with van der Waals surface area (Å²) in [4.78, 5) is 21.3. The van der Waals surface area contributed by atoms with Crippen LogP contribution in [0, 0.1) is 10.1 Å². The normalized spacial score (nSPS) is 12.9. The van der Waals surface area contributed by atoms with Crippen molar-refractivity contribution in [1.29, 1.82) is 0 Å². The first-order valence-corrected chi connectivity index (χ1v) is 8.27. The number of non-ortho nitro benzene ring substituents is 1. The van der Waals surface area contributed by atoms with Gasteiger partial charge in [-0.3, -0.25) is 10.1 Å². The number of benzene rings is 2. The molecule has 0 radical (unpaired) electrons. The molecular formula is C19H21NO7. The molecule has 2 atom stereocenters. The monoisotopic (exact) mass is 375 g/mol. The molecule has 8 heteroatoms. The molecule has 0 aliphatic rings. The molecule has 2 aromatic carbocycles. The lowest BCUT2D eigenvalue weighted by Gasteiger charge is -2.20. The van der Waals surface area contributed by atoms with Crippen molar-refractivity contribution in [1.82, 2.24) is 0 Å².